The first-order chi connectivity index (χ1) is 8.67. The molecule has 1 aromatic heterocycles. The molecule has 0 spiro atoms. The van der Waals surface area contributed by atoms with Gasteiger partial charge in [0.2, 0.25) is 5.75 Å². The number of aromatic nitrogens is 2. The van der Waals surface area contributed by atoms with Gasteiger partial charge in [0.1, 0.15) is 6.33 Å². The molecule has 0 radical (unpaired) electrons. The predicted octanol–water partition coefficient (Wildman–Crippen LogP) is 1.07. The maximum atomic E-state index is 5.83. The summed E-state index contributed by atoms with van der Waals surface area (Å²) >= 11 is 0. The number of anilines is 2. The van der Waals surface area contributed by atoms with E-state index in [1.54, 1.807) is 7.11 Å². The van der Waals surface area contributed by atoms with Crippen LogP contribution in [0.5, 0.6) is 5.75 Å². The van der Waals surface area contributed by atoms with Gasteiger partial charge in [0.25, 0.3) is 0 Å². The number of morpholine rings is 1. The zero-order valence-electron chi connectivity index (χ0n) is 11.1. The number of nitrogen functional groups attached to an aromatic ring is 1. The molecule has 1 aromatic rings. The van der Waals surface area contributed by atoms with Crippen molar-refractivity contribution in [1.82, 2.24) is 9.97 Å². The third-order valence-corrected chi connectivity index (χ3v) is 3.23. The van der Waals surface area contributed by atoms with Gasteiger partial charge in [0, 0.05) is 6.54 Å². The zero-order valence-corrected chi connectivity index (χ0v) is 11.1. The molecule has 2 atom stereocenters. The molecule has 0 amide bonds. The summed E-state index contributed by atoms with van der Waals surface area (Å²) in [5.74, 6) is 1.67. The fourth-order valence-corrected chi connectivity index (χ4v) is 2.22. The highest BCUT2D eigenvalue weighted by molar-refractivity contribution is 5.63. The standard InChI is InChI=1S/C12H20N4O2/c1-4-9-6-18-8(2)5-16(9)12-10(17-3)11(13)14-7-15-12/h7-9H,4-6H2,1-3H3,(H2,13,14,15). The van der Waals surface area contributed by atoms with Crippen LogP contribution in [0.25, 0.3) is 0 Å². The van der Waals surface area contributed by atoms with Crippen molar-refractivity contribution in [1.29, 1.82) is 0 Å². The molecule has 0 aliphatic carbocycles. The highest BCUT2D eigenvalue weighted by Gasteiger charge is 2.29. The second kappa shape index (κ2) is 5.39. The number of nitrogens with zero attached hydrogens (tertiary/aromatic N) is 3. The quantitative estimate of drug-likeness (QED) is 0.867. The topological polar surface area (TPSA) is 73.5 Å². The molecule has 2 heterocycles. The van der Waals surface area contributed by atoms with Crippen LogP contribution in [0.1, 0.15) is 20.3 Å². The molecule has 1 fully saturated rings. The van der Waals surface area contributed by atoms with Crippen LogP contribution in [0.15, 0.2) is 6.33 Å². The lowest BCUT2D eigenvalue weighted by atomic mass is 10.1. The Morgan fingerprint density at radius 1 is 1.56 bits per heavy atom. The van der Waals surface area contributed by atoms with Crippen LogP contribution in [0.3, 0.4) is 0 Å². The molecule has 2 rings (SSSR count). The molecule has 2 N–H and O–H groups in total. The molecule has 0 saturated carbocycles. The predicted molar refractivity (Wildman–Crippen MR) is 69.8 cm³/mol. The average Bonchev–Trinajstić information content (AvgIpc) is 2.38. The molecule has 6 heteroatoms. The Morgan fingerprint density at radius 2 is 2.33 bits per heavy atom. The fourth-order valence-electron chi connectivity index (χ4n) is 2.22. The van der Waals surface area contributed by atoms with E-state index in [0.29, 0.717) is 24.2 Å². The van der Waals surface area contributed by atoms with Crippen LogP contribution < -0.4 is 15.4 Å². The summed E-state index contributed by atoms with van der Waals surface area (Å²) in [5.41, 5.74) is 5.83. The van der Waals surface area contributed by atoms with Gasteiger partial charge in [-0.3, -0.25) is 0 Å². The van der Waals surface area contributed by atoms with E-state index in [4.69, 9.17) is 15.2 Å². The van der Waals surface area contributed by atoms with E-state index in [1.165, 1.54) is 6.33 Å². The summed E-state index contributed by atoms with van der Waals surface area (Å²) in [6, 6.07) is 0.296. The van der Waals surface area contributed by atoms with Crippen molar-refractivity contribution >= 4 is 11.6 Å². The number of nitrogens with two attached hydrogens (primary N) is 1. The number of hydrogen-bond donors (Lipinski definition) is 1. The third-order valence-electron chi connectivity index (χ3n) is 3.23. The van der Waals surface area contributed by atoms with Crippen molar-refractivity contribution in [2.24, 2.45) is 0 Å². The fraction of sp³-hybridized carbons (Fsp3) is 0.667. The van der Waals surface area contributed by atoms with Gasteiger partial charge in [0.05, 0.1) is 25.9 Å². The van der Waals surface area contributed by atoms with E-state index in [2.05, 4.69) is 28.7 Å². The minimum atomic E-state index is 0.175. The Kier molecular flexibility index (Phi) is 3.86. The first-order valence-corrected chi connectivity index (χ1v) is 6.20. The van der Waals surface area contributed by atoms with Crippen LogP contribution in [-0.2, 0) is 4.74 Å². The van der Waals surface area contributed by atoms with Crippen LogP contribution in [0.4, 0.5) is 11.6 Å². The zero-order chi connectivity index (χ0) is 13.1. The maximum Gasteiger partial charge on any atom is 0.204 e. The van der Waals surface area contributed by atoms with Crippen molar-refractivity contribution in [2.75, 3.05) is 30.9 Å². The first-order valence-electron chi connectivity index (χ1n) is 6.20. The van der Waals surface area contributed by atoms with Crippen molar-refractivity contribution < 1.29 is 9.47 Å². The normalized spacial score (nSPS) is 24.1. The minimum absolute atomic E-state index is 0.175. The first kappa shape index (κ1) is 12.9. The summed E-state index contributed by atoms with van der Waals surface area (Å²) in [5, 5.41) is 0. The van der Waals surface area contributed by atoms with Crippen molar-refractivity contribution in [3.8, 4) is 5.75 Å². The van der Waals surface area contributed by atoms with Gasteiger partial charge < -0.3 is 20.1 Å². The molecule has 1 aliphatic rings. The van der Waals surface area contributed by atoms with Gasteiger partial charge in [-0.1, -0.05) is 6.92 Å². The second-order valence-electron chi connectivity index (χ2n) is 4.47. The van der Waals surface area contributed by atoms with Gasteiger partial charge in [0.15, 0.2) is 11.6 Å². The summed E-state index contributed by atoms with van der Waals surface area (Å²) in [7, 11) is 1.59. The molecule has 6 nitrogen and oxygen atoms in total. The summed E-state index contributed by atoms with van der Waals surface area (Å²) in [6.07, 6.45) is 2.63. The summed E-state index contributed by atoms with van der Waals surface area (Å²) in [6.45, 7) is 5.67. The van der Waals surface area contributed by atoms with Gasteiger partial charge in [-0.25, -0.2) is 9.97 Å². The Balaban J connectivity index is 2.36. The van der Waals surface area contributed by atoms with Crippen LogP contribution >= 0.6 is 0 Å². The van der Waals surface area contributed by atoms with E-state index in [-0.39, 0.29) is 6.10 Å². The van der Waals surface area contributed by atoms with Crippen molar-refractivity contribution in [3.63, 3.8) is 0 Å². The highest BCUT2D eigenvalue weighted by Crippen LogP contribution is 2.33. The van der Waals surface area contributed by atoms with Gasteiger partial charge in [-0.05, 0) is 13.3 Å². The number of methoxy groups -OCH3 is 1. The Labute approximate surface area is 107 Å². The van der Waals surface area contributed by atoms with Gasteiger partial charge in [-0.2, -0.15) is 0 Å². The Hall–Kier alpha value is -1.56. The number of rotatable bonds is 3. The van der Waals surface area contributed by atoms with E-state index in [0.717, 1.165) is 18.8 Å². The molecule has 1 saturated heterocycles. The summed E-state index contributed by atoms with van der Waals surface area (Å²) < 4.78 is 11.0. The van der Waals surface area contributed by atoms with Crippen LogP contribution in [-0.4, -0.2) is 42.4 Å². The third kappa shape index (κ3) is 2.33. The Morgan fingerprint density at radius 3 is 3.00 bits per heavy atom. The molecule has 100 valence electrons. The summed E-state index contributed by atoms with van der Waals surface area (Å²) in [4.78, 5) is 10.5. The van der Waals surface area contributed by atoms with E-state index < -0.39 is 0 Å². The molecule has 2 unspecified atom stereocenters. The lowest BCUT2D eigenvalue weighted by Crippen LogP contribution is -2.49. The van der Waals surface area contributed by atoms with E-state index in [9.17, 15) is 0 Å². The number of ether oxygens (including phenoxy) is 2. The van der Waals surface area contributed by atoms with Crippen LogP contribution in [0.2, 0.25) is 0 Å². The molecule has 0 bridgehead atoms. The second-order valence-corrected chi connectivity index (χ2v) is 4.47. The number of hydrogen-bond acceptors (Lipinski definition) is 6. The smallest absolute Gasteiger partial charge is 0.204 e. The monoisotopic (exact) mass is 252 g/mol. The average molecular weight is 252 g/mol. The molecule has 1 aliphatic heterocycles. The molecule has 0 aromatic carbocycles. The molecular weight excluding hydrogens is 232 g/mol. The maximum absolute atomic E-state index is 5.83. The van der Waals surface area contributed by atoms with E-state index >= 15 is 0 Å². The largest absolute Gasteiger partial charge is 0.490 e. The van der Waals surface area contributed by atoms with Crippen molar-refractivity contribution in [2.45, 2.75) is 32.4 Å². The molecular formula is C12H20N4O2. The molecule has 18 heavy (non-hydrogen) atoms. The van der Waals surface area contributed by atoms with Crippen molar-refractivity contribution in [3.05, 3.63) is 6.33 Å². The van der Waals surface area contributed by atoms with Crippen LogP contribution in [0, 0.1) is 0 Å². The minimum Gasteiger partial charge on any atom is -0.490 e. The SMILES string of the molecule is CCC1COC(C)CN1c1ncnc(N)c1OC. The van der Waals surface area contributed by atoms with Gasteiger partial charge in [-0.15, -0.1) is 0 Å². The highest BCUT2D eigenvalue weighted by atomic mass is 16.5. The lowest BCUT2D eigenvalue weighted by molar-refractivity contribution is 0.0294. The van der Waals surface area contributed by atoms with Gasteiger partial charge >= 0.3 is 0 Å². The lowest BCUT2D eigenvalue weighted by Gasteiger charge is -2.39. The Bertz CT molecular complexity index is 413. The van der Waals surface area contributed by atoms with E-state index in [1.807, 2.05) is 0 Å².